The minimum atomic E-state index is -0.250. The number of nitrogens with one attached hydrogen (secondary N) is 1. The number of ether oxygens (including phenoxy) is 1. The third kappa shape index (κ3) is 4.54. The smallest absolute Gasteiger partial charge is 0.229 e. The van der Waals surface area contributed by atoms with E-state index in [2.05, 4.69) is 29.0 Å². The van der Waals surface area contributed by atoms with Gasteiger partial charge in [-0.3, -0.25) is 9.69 Å². The van der Waals surface area contributed by atoms with E-state index in [0.717, 1.165) is 37.3 Å². The summed E-state index contributed by atoms with van der Waals surface area (Å²) < 4.78 is 18.8. The first-order chi connectivity index (χ1) is 13.0. The van der Waals surface area contributed by atoms with Crippen molar-refractivity contribution in [3.05, 3.63) is 46.7 Å². The molecule has 0 radical (unpaired) electrons. The Hall–Kier alpha value is -1.83. The van der Waals surface area contributed by atoms with Crippen molar-refractivity contribution in [2.24, 2.45) is 5.92 Å². The van der Waals surface area contributed by atoms with Crippen LogP contribution in [0, 0.1) is 11.7 Å². The number of hydrogen-bond acceptors (Lipinski definition) is 5. The summed E-state index contributed by atoms with van der Waals surface area (Å²) in [7, 11) is 0. The molecule has 1 amide bonds. The highest BCUT2D eigenvalue weighted by molar-refractivity contribution is 7.13. The van der Waals surface area contributed by atoms with Gasteiger partial charge >= 0.3 is 0 Å². The molecule has 2 aromatic rings. The third-order valence-electron chi connectivity index (χ3n) is 5.09. The number of morpholine rings is 1. The van der Waals surface area contributed by atoms with E-state index in [-0.39, 0.29) is 35.8 Å². The van der Waals surface area contributed by atoms with E-state index in [1.54, 1.807) is 12.1 Å². The van der Waals surface area contributed by atoms with Crippen molar-refractivity contribution in [1.82, 2.24) is 9.88 Å². The summed E-state index contributed by atoms with van der Waals surface area (Å²) in [5.74, 6) is -0.122. The SMILES string of the molecule is CC1CN(Cc2csc(NC(=O)C3CC3c3ccc(F)cc3)n2)CC(C)O1. The zero-order valence-electron chi connectivity index (χ0n) is 15.5. The van der Waals surface area contributed by atoms with Crippen molar-refractivity contribution in [3.8, 4) is 0 Å². The molecule has 144 valence electrons. The van der Waals surface area contributed by atoms with Crippen LogP contribution in [0.25, 0.3) is 0 Å². The monoisotopic (exact) mass is 389 g/mol. The molecular weight excluding hydrogens is 365 g/mol. The van der Waals surface area contributed by atoms with Crippen molar-refractivity contribution < 1.29 is 13.9 Å². The van der Waals surface area contributed by atoms with Crippen LogP contribution in [-0.2, 0) is 16.1 Å². The molecule has 2 heterocycles. The fraction of sp³-hybridized carbons (Fsp3) is 0.500. The second-order valence-electron chi connectivity index (χ2n) is 7.58. The highest BCUT2D eigenvalue weighted by Gasteiger charge is 2.44. The topological polar surface area (TPSA) is 54.5 Å². The van der Waals surface area contributed by atoms with Crippen molar-refractivity contribution in [2.45, 2.75) is 44.9 Å². The lowest BCUT2D eigenvalue weighted by molar-refractivity contribution is -0.117. The Morgan fingerprint density at radius 1 is 1.30 bits per heavy atom. The van der Waals surface area contributed by atoms with E-state index in [1.165, 1.54) is 23.5 Å². The van der Waals surface area contributed by atoms with Crippen LogP contribution < -0.4 is 5.32 Å². The van der Waals surface area contributed by atoms with Crippen LogP contribution in [0.2, 0.25) is 0 Å². The summed E-state index contributed by atoms with van der Waals surface area (Å²) in [6.07, 6.45) is 1.26. The highest BCUT2D eigenvalue weighted by Crippen LogP contribution is 2.48. The number of amides is 1. The molecule has 4 atom stereocenters. The molecule has 1 N–H and O–H groups in total. The van der Waals surface area contributed by atoms with Gasteiger partial charge in [-0.05, 0) is 43.9 Å². The van der Waals surface area contributed by atoms with Gasteiger partial charge in [-0.2, -0.15) is 0 Å². The van der Waals surface area contributed by atoms with Crippen molar-refractivity contribution in [2.75, 3.05) is 18.4 Å². The summed E-state index contributed by atoms with van der Waals surface area (Å²) in [6, 6.07) is 6.42. The van der Waals surface area contributed by atoms with Crippen LogP contribution in [0.15, 0.2) is 29.6 Å². The first-order valence-electron chi connectivity index (χ1n) is 9.36. The molecule has 1 saturated heterocycles. The molecule has 27 heavy (non-hydrogen) atoms. The zero-order chi connectivity index (χ0) is 19.0. The van der Waals surface area contributed by atoms with Crippen LogP contribution in [0.3, 0.4) is 0 Å². The normalized spacial score (nSPS) is 28.1. The number of rotatable bonds is 5. The Bertz CT molecular complexity index is 800. The Morgan fingerprint density at radius 2 is 2.00 bits per heavy atom. The van der Waals surface area contributed by atoms with Crippen LogP contribution in [0.4, 0.5) is 9.52 Å². The van der Waals surface area contributed by atoms with Crippen molar-refractivity contribution >= 4 is 22.4 Å². The molecule has 1 saturated carbocycles. The van der Waals surface area contributed by atoms with E-state index in [0.29, 0.717) is 5.13 Å². The highest BCUT2D eigenvalue weighted by atomic mass is 32.1. The van der Waals surface area contributed by atoms with Crippen molar-refractivity contribution in [1.29, 1.82) is 0 Å². The predicted molar refractivity (Wildman–Crippen MR) is 103 cm³/mol. The van der Waals surface area contributed by atoms with Crippen LogP contribution in [0.5, 0.6) is 0 Å². The number of thiazole rings is 1. The van der Waals surface area contributed by atoms with Crippen LogP contribution >= 0.6 is 11.3 Å². The average molecular weight is 389 g/mol. The molecule has 4 unspecified atom stereocenters. The van der Waals surface area contributed by atoms with Gasteiger partial charge in [0.2, 0.25) is 5.91 Å². The summed E-state index contributed by atoms with van der Waals surface area (Å²) in [5.41, 5.74) is 1.99. The van der Waals surface area contributed by atoms with Gasteiger partial charge < -0.3 is 10.1 Å². The van der Waals surface area contributed by atoms with Gasteiger partial charge in [0, 0.05) is 30.9 Å². The first-order valence-corrected chi connectivity index (χ1v) is 10.2. The molecule has 7 heteroatoms. The molecule has 4 rings (SSSR count). The molecule has 1 aliphatic heterocycles. The van der Waals surface area contributed by atoms with Gasteiger partial charge in [0.15, 0.2) is 5.13 Å². The fourth-order valence-electron chi connectivity index (χ4n) is 3.84. The van der Waals surface area contributed by atoms with Gasteiger partial charge in [0.05, 0.1) is 17.9 Å². The number of carbonyl (C=O) groups is 1. The van der Waals surface area contributed by atoms with Crippen molar-refractivity contribution in [3.63, 3.8) is 0 Å². The fourth-order valence-corrected chi connectivity index (χ4v) is 4.55. The number of carbonyl (C=O) groups excluding carboxylic acids is 1. The quantitative estimate of drug-likeness (QED) is 0.848. The molecule has 1 aromatic heterocycles. The largest absolute Gasteiger partial charge is 0.373 e. The Balaban J connectivity index is 1.30. The maximum Gasteiger partial charge on any atom is 0.229 e. The minimum absolute atomic E-state index is 0.00107. The lowest BCUT2D eigenvalue weighted by Gasteiger charge is -2.34. The number of anilines is 1. The minimum Gasteiger partial charge on any atom is -0.373 e. The van der Waals surface area contributed by atoms with Gasteiger partial charge in [0.1, 0.15) is 5.82 Å². The molecular formula is C20H24FN3O2S. The molecule has 1 aliphatic carbocycles. The van der Waals surface area contributed by atoms with Gasteiger partial charge in [-0.25, -0.2) is 9.37 Å². The second-order valence-corrected chi connectivity index (χ2v) is 8.44. The van der Waals surface area contributed by atoms with E-state index in [1.807, 2.05) is 5.38 Å². The van der Waals surface area contributed by atoms with Crippen LogP contribution in [-0.4, -0.2) is 41.1 Å². The average Bonchev–Trinajstić information content (AvgIpc) is 3.29. The van der Waals surface area contributed by atoms with E-state index in [9.17, 15) is 9.18 Å². The first kappa shape index (κ1) is 18.5. The lowest BCUT2D eigenvalue weighted by atomic mass is 10.1. The standard InChI is InChI=1S/C20H24FN3O2S/c1-12-8-24(9-13(2)26-12)10-16-11-27-20(22-16)23-19(25)18-7-17(18)14-3-5-15(21)6-4-14/h3-6,11-13,17-18H,7-10H2,1-2H3,(H,22,23,25). The maximum absolute atomic E-state index is 13.0. The Kier molecular flexibility index (Phi) is 5.25. The maximum atomic E-state index is 13.0. The third-order valence-corrected chi connectivity index (χ3v) is 5.89. The lowest BCUT2D eigenvalue weighted by Crippen LogP contribution is -2.44. The summed E-state index contributed by atoms with van der Waals surface area (Å²) in [4.78, 5) is 19.4. The molecule has 5 nitrogen and oxygen atoms in total. The molecule has 2 aliphatic rings. The van der Waals surface area contributed by atoms with Crippen LogP contribution in [0.1, 0.15) is 37.4 Å². The second kappa shape index (κ2) is 7.66. The number of halogens is 1. The summed E-state index contributed by atoms with van der Waals surface area (Å²) >= 11 is 1.46. The molecule has 1 aromatic carbocycles. The predicted octanol–water partition coefficient (Wildman–Crippen LogP) is 3.63. The van der Waals surface area contributed by atoms with E-state index in [4.69, 9.17) is 4.74 Å². The summed E-state index contributed by atoms with van der Waals surface area (Å²) in [5, 5.41) is 5.59. The molecule has 2 fully saturated rings. The molecule has 0 spiro atoms. The zero-order valence-corrected chi connectivity index (χ0v) is 16.3. The number of aromatic nitrogens is 1. The van der Waals surface area contributed by atoms with E-state index >= 15 is 0 Å². The van der Waals surface area contributed by atoms with Gasteiger partial charge in [-0.15, -0.1) is 11.3 Å². The number of hydrogen-bond donors (Lipinski definition) is 1. The Labute approximate surface area is 162 Å². The van der Waals surface area contributed by atoms with Gasteiger partial charge in [-0.1, -0.05) is 12.1 Å². The van der Waals surface area contributed by atoms with E-state index < -0.39 is 0 Å². The molecule has 0 bridgehead atoms. The summed E-state index contributed by atoms with van der Waals surface area (Å²) in [6.45, 7) is 6.73. The number of nitrogens with zero attached hydrogens (tertiary/aromatic N) is 2. The number of benzene rings is 1. The van der Waals surface area contributed by atoms with Gasteiger partial charge in [0.25, 0.3) is 0 Å². The Morgan fingerprint density at radius 3 is 2.70 bits per heavy atom.